The number of alkyl halides is 1. The highest BCUT2D eigenvalue weighted by Gasteiger charge is 2.39. The third-order valence-electron chi connectivity index (χ3n) is 6.49. The summed E-state index contributed by atoms with van der Waals surface area (Å²) in [6.07, 6.45) is 6.34. The van der Waals surface area contributed by atoms with E-state index < -0.39 is 18.3 Å². The van der Waals surface area contributed by atoms with E-state index in [1.807, 2.05) is 20.1 Å². The van der Waals surface area contributed by atoms with E-state index in [9.17, 15) is 9.18 Å². The van der Waals surface area contributed by atoms with Gasteiger partial charge in [-0.25, -0.2) is 4.39 Å². The van der Waals surface area contributed by atoms with Crippen molar-refractivity contribution in [3.63, 3.8) is 0 Å². The molecule has 1 heterocycles. The molecule has 6 heteroatoms. The average molecular weight is 384 g/mol. The zero-order valence-corrected chi connectivity index (χ0v) is 17.4. The lowest BCUT2D eigenvalue weighted by Gasteiger charge is -2.42. The molecule has 156 valence electrons. The number of carbonyl (C=O) groups is 1. The number of carbonyl (C=O) groups excluding carboxylic acids is 1. The molecule has 0 aromatic rings. The van der Waals surface area contributed by atoms with Crippen molar-refractivity contribution in [3.05, 3.63) is 0 Å². The van der Waals surface area contributed by atoms with Crippen LogP contribution in [0, 0.1) is 23.7 Å². The third-order valence-corrected chi connectivity index (χ3v) is 6.49. The lowest BCUT2D eigenvalue weighted by molar-refractivity contribution is -0.148. The van der Waals surface area contributed by atoms with Gasteiger partial charge in [0, 0.05) is 6.04 Å². The van der Waals surface area contributed by atoms with Gasteiger partial charge in [-0.15, -0.1) is 0 Å². The Labute approximate surface area is 163 Å². The minimum absolute atomic E-state index is 0.112. The van der Waals surface area contributed by atoms with Gasteiger partial charge in [0.15, 0.2) is 0 Å². The normalized spacial score (nSPS) is 34.7. The van der Waals surface area contributed by atoms with Gasteiger partial charge in [0.2, 0.25) is 0 Å². The smallest absolute Gasteiger partial charge is 0.311 e. The Morgan fingerprint density at radius 2 is 2.11 bits per heavy atom. The number of esters is 1. The Morgan fingerprint density at radius 1 is 1.37 bits per heavy atom. The molecule has 0 saturated heterocycles. The molecule has 0 radical (unpaired) electrons. The maximum absolute atomic E-state index is 13.9. The van der Waals surface area contributed by atoms with Crippen molar-refractivity contribution < 1.29 is 13.9 Å². The molecule has 2 rings (SSSR count). The lowest BCUT2D eigenvalue weighted by Crippen LogP contribution is -2.55. The second kappa shape index (κ2) is 10.5. The van der Waals surface area contributed by atoms with Crippen LogP contribution in [-0.2, 0) is 9.53 Å². The van der Waals surface area contributed by atoms with E-state index in [0.717, 1.165) is 32.1 Å². The number of aliphatic imine (C=N–C) groups is 1. The Morgan fingerprint density at radius 3 is 2.74 bits per heavy atom. The Hall–Kier alpha value is -1.01. The van der Waals surface area contributed by atoms with Crippen molar-refractivity contribution >= 4 is 12.2 Å². The highest BCUT2D eigenvalue weighted by Crippen LogP contribution is 2.39. The number of nitrogens with one attached hydrogen (secondary N) is 1. The SMILES string of the molecule is CCOC(=O)C(C)C(N)NC(CC)C1CCC=NC1C1CCC(F)C(C)C1. The molecule has 5 nitrogen and oxygen atoms in total. The molecule has 1 aliphatic heterocycles. The number of halogens is 1. The van der Waals surface area contributed by atoms with E-state index in [4.69, 9.17) is 15.5 Å². The van der Waals surface area contributed by atoms with E-state index in [1.165, 1.54) is 0 Å². The first kappa shape index (κ1) is 22.3. The summed E-state index contributed by atoms with van der Waals surface area (Å²) in [6.45, 7) is 8.14. The summed E-state index contributed by atoms with van der Waals surface area (Å²) in [5.74, 6) is 0.254. The van der Waals surface area contributed by atoms with Crippen molar-refractivity contribution in [2.24, 2.45) is 34.4 Å². The van der Waals surface area contributed by atoms with Crippen LogP contribution in [0.25, 0.3) is 0 Å². The van der Waals surface area contributed by atoms with Crippen molar-refractivity contribution in [3.8, 4) is 0 Å². The quantitative estimate of drug-likeness (QED) is 0.497. The van der Waals surface area contributed by atoms with Crippen LogP contribution in [0.5, 0.6) is 0 Å². The van der Waals surface area contributed by atoms with Crippen LogP contribution in [0.3, 0.4) is 0 Å². The Kier molecular flexibility index (Phi) is 8.67. The van der Waals surface area contributed by atoms with Crippen LogP contribution in [0.4, 0.5) is 4.39 Å². The fourth-order valence-corrected chi connectivity index (χ4v) is 4.72. The fourth-order valence-electron chi connectivity index (χ4n) is 4.72. The summed E-state index contributed by atoms with van der Waals surface area (Å²) in [7, 11) is 0. The van der Waals surface area contributed by atoms with Gasteiger partial charge in [-0.2, -0.15) is 0 Å². The van der Waals surface area contributed by atoms with Gasteiger partial charge in [0.1, 0.15) is 6.17 Å². The number of hydrogen-bond acceptors (Lipinski definition) is 5. The Bertz CT molecular complexity index is 502. The zero-order valence-electron chi connectivity index (χ0n) is 17.4. The molecule has 0 aromatic carbocycles. The number of ether oxygens (including phenoxy) is 1. The highest BCUT2D eigenvalue weighted by atomic mass is 19.1. The first-order valence-corrected chi connectivity index (χ1v) is 10.7. The molecular weight excluding hydrogens is 345 g/mol. The average Bonchev–Trinajstić information content (AvgIpc) is 2.67. The monoisotopic (exact) mass is 383 g/mol. The van der Waals surface area contributed by atoms with Crippen molar-refractivity contribution in [2.45, 2.75) is 90.6 Å². The Balaban J connectivity index is 2.05. The van der Waals surface area contributed by atoms with Gasteiger partial charge in [-0.1, -0.05) is 13.8 Å². The van der Waals surface area contributed by atoms with Crippen LogP contribution in [0.1, 0.15) is 66.2 Å². The van der Waals surface area contributed by atoms with Gasteiger partial charge in [-0.05, 0) is 76.3 Å². The molecule has 0 aromatic heterocycles. The predicted octanol–water partition coefficient (Wildman–Crippen LogP) is 3.46. The minimum atomic E-state index is -0.675. The van der Waals surface area contributed by atoms with Crippen molar-refractivity contribution in [2.75, 3.05) is 6.61 Å². The summed E-state index contributed by atoms with van der Waals surface area (Å²) in [5, 5.41) is 3.49. The molecule has 1 aliphatic carbocycles. The summed E-state index contributed by atoms with van der Waals surface area (Å²) in [4.78, 5) is 16.9. The summed E-state index contributed by atoms with van der Waals surface area (Å²) < 4.78 is 19.0. The number of nitrogens with zero attached hydrogens (tertiary/aromatic N) is 1. The molecule has 0 spiro atoms. The van der Waals surface area contributed by atoms with Gasteiger partial charge >= 0.3 is 5.97 Å². The maximum Gasteiger partial charge on any atom is 0.311 e. The first-order chi connectivity index (χ1) is 12.9. The number of hydrogen-bond donors (Lipinski definition) is 2. The summed E-state index contributed by atoms with van der Waals surface area (Å²) in [6, 6.07) is 0.411. The molecule has 8 unspecified atom stereocenters. The van der Waals surface area contributed by atoms with Gasteiger partial charge in [-0.3, -0.25) is 15.1 Å². The molecule has 3 N–H and O–H groups in total. The van der Waals surface area contributed by atoms with Crippen LogP contribution in [0.15, 0.2) is 4.99 Å². The molecule has 2 aliphatic rings. The van der Waals surface area contributed by atoms with Gasteiger partial charge in [0.05, 0.1) is 24.7 Å². The fraction of sp³-hybridized carbons (Fsp3) is 0.905. The summed E-state index contributed by atoms with van der Waals surface area (Å²) in [5.41, 5.74) is 6.30. The minimum Gasteiger partial charge on any atom is -0.466 e. The zero-order chi connectivity index (χ0) is 20.0. The predicted molar refractivity (Wildman–Crippen MR) is 107 cm³/mol. The summed E-state index contributed by atoms with van der Waals surface area (Å²) >= 11 is 0. The largest absolute Gasteiger partial charge is 0.466 e. The van der Waals surface area contributed by atoms with E-state index >= 15 is 0 Å². The molecule has 0 amide bonds. The third kappa shape index (κ3) is 5.74. The molecule has 0 bridgehead atoms. The van der Waals surface area contributed by atoms with Crippen molar-refractivity contribution in [1.29, 1.82) is 0 Å². The lowest BCUT2D eigenvalue weighted by atomic mass is 9.70. The number of rotatable bonds is 8. The van der Waals surface area contributed by atoms with E-state index in [1.54, 1.807) is 6.92 Å². The van der Waals surface area contributed by atoms with E-state index in [2.05, 4.69) is 12.2 Å². The van der Waals surface area contributed by atoms with Crippen LogP contribution >= 0.6 is 0 Å². The topological polar surface area (TPSA) is 76.7 Å². The van der Waals surface area contributed by atoms with Crippen LogP contribution in [-0.4, -0.2) is 43.2 Å². The van der Waals surface area contributed by atoms with Crippen LogP contribution < -0.4 is 11.1 Å². The standard InChI is InChI=1S/C21H38FN3O2/c1-5-18(25-20(23)14(4)21(26)27-6-2)16-8-7-11-24-19(16)15-9-10-17(22)13(3)12-15/h11,13-20,25H,5-10,12,23H2,1-4H3. The molecule has 1 saturated carbocycles. The van der Waals surface area contributed by atoms with Crippen molar-refractivity contribution in [1.82, 2.24) is 5.32 Å². The highest BCUT2D eigenvalue weighted by molar-refractivity contribution is 5.72. The molecule has 8 atom stereocenters. The molecular formula is C21H38FN3O2. The maximum atomic E-state index is 13.9. The van der Waals surface area contributed by atoms with Gasteiger partial charge < -0.3 is 10.5 Å². The first-order valence-electron chi connectivity index (χ1n) is 10.7. The molecule has 27 heavy (non-hydrogen) atoms. The second-order valence-electron chi connectivity index (χ2n) is 8.38. The van der Waals surface area contributed by atoms with Crippen LogP contribution in [0.2, 0.25) is 0 Å². The van der Waals surface area contributed by atoms with Gasteiger partial charge in [0.25, 0.3) is 0 Å². The number of nitrogens with two attached hydrogens (primary N) is 1. The van der Waals surface area contributed by atoms with E-state index in [-0.39, 0.29) is 24.0 Å². The molecule has 1 fully saturated rings. The van der Waals surface area contributed by atoms with E-state index in [0.29, 0.717) is 24.9 Å². The second-order valence-corrected chi connectivity index (χ2v) is 8.38.